The summed E-state index contributed by atoms with van der Waals surface area (Å²) in [7, 11) is 0. The van der Waals surface area contributed by atoms with Crippen molar-refractivity contribution in [1.29, 1.82) is 0 Å². The normalized spacial score (nSPS) is 11.4. The molecule has 0 saturated heterocycles. The number of halogens is 2. The minimum Gasteiger partial charge on any atom is -0.329 e. The SMILES string of the molecule is Cc1ccc2[nH]c(=S)n(-c3ccccc3SC(F)F)c2n1. The van der Waals surface area contributed by atoms with E-state index >= 15 is 0 Å². The molecule has 3 aromatic rings. The van der Waals surface area contributed by atoms with Gasteiger partial charge in [-0.15, -0.1) is 0 Å². The molecule has 0 spiro atoms. The van der Waals surface area contributed by atoms with Crippen LogP contribution in [0.3, 0.4) is 0 Å². The molecule has 21 heavy (non-hydrogen) atoms. The number of H-pyrrole nitrogens is 1. The lowest BCUT2D eigenvalue weighted by Crippen LogP contribution is -1.99. The molecular formula is C14H11F2N3S2. The minimum atomic E-state index is -2.49. The van der Waals surface area contributed by atoms with Crippen molar-refractivity contribution in [2.75, 3.05) is 0 Å². The molecule has 0 radical (unpaired) electrons. The Hall–Kier alpha value is -1.73. The van der Waals surface area contributed by atoms with Crippen LogP contribution in [0.4, 0.5) is 8.78 Å². The summed E-state index contributed by atoms with van der Waals surface area (Å²) < 4.78 is 27.6. The van der Waals surface area contributed by atoms with Gasteiger partial charge in [0.25, 0.3) is 5.76 Å². The monoisotopic (exact) mass is 323 g/mol. The average molecular weight is 323 g/mol. The number of aromatic nitrogens is 3. The number of benzene rings is 1. The number of rotatable bonds is 3. The molecule has 3 nitrogen and oxygen atoms in total. The summed E-state index contributed by atoms with van der Waals surface area (Å²) in [6, 6.07) is 10.7. The maximum absolute atomic E-state index is 12.7. The van der Waals surface area contributed by atoms with Gasteiger partial charge in [0.1, 0.15) is 0 Å². The second-order valence-corrected chi connectivity index (χ2v) is 5.85. The van der Waals surface area contributed by atoms with E-state index in [1.54, 1.807) is 28.8 Å². The van der Waals surface area contributed by atoms with Gasteiger partial charge in [0.15, 0.2) is 10.4 Å². The molecule has 0 amide bonds. The van der Waals surface area contributed by atoms with Gasteiger partial charge in [-0.2, -0.15) is 8.78 Å². The number of para-hydroxylation sites is 1. The van der Waals surface area contributed by atoms with E-state index in [0.717, 1.165) is 11.2 Å². The van der Waals surface area contributed by atoms with Crippen molar-refractivity contribution >= 4 is 35.1 Å². The second kappa shape index (κ2) is 5.57. The van der Waals surface area contributed by atoms with Crippen molar-refractivity contribution in [1.82, 2.24) is 14.5 Å². The van der Waals surface area contributed by atoms with Gasteiger partial charge >= 0.3 is 0 Å². The molecule has 0 aliphatic heterocycles. The van der Waals surface area contributed by atoms with Crippen molar-refractivity contribution in [3.05, 3.63) is 46.9 Å². The van der Waals surface area contributed by atoms with E-state index in [9.17, 15) is 8.78 Å². The predicted octanol–water partition coefficient (Wildman–Crippen LogP) is 4.71. The number of hydrogen-bond donors (Lipinski definition) is 1. The molecule has 1 aromatic carbocycles. The van der Waals surface area contributed by atoms with Crippen molar-refractivity contribution in [2.24, 2.45) is 0 Å². The molecule has 0 aliphatic carbocycles. The molecule has 0 atom stereocenters. The van der Waals surface area contributed by atoms with E-state index in [2.05, 4.69) is 9.97 Å². The molecule has 0 fully saturated rings. The van der Waals surface area contributed by atoms with Gasteiger partial charge in [-0.3, -0.25) is 4.57 Å². The van der Waals surface area contributed by atoms with Crippen LogP contribution in [0.2, 0.25) is 0 Å². The molecule has 0 aliphatic rings. The number of alkyl halides is 2. The fraction of sp³-hybridized carbons (Fsp3) is 0.143. The van der Waals surface area contributed by atoms with E-state index in [4.69, 9.17) is 12.2 Å². The van der Waals surface area contributed by atoms with Crippen LogP contribution in [-0.4, -0.2) is 20.3 Å². The van der Waals surface area contributed by atoms with Crippen LogP contribution in [0.15, 0.2) is 41.3 Å². The Labute approximate surface area is 129 Å². The third kappa shape index (κ3) is 2.71. The third-order valence-corrected chi connectivity index (χ3v) is 4.06. The van der Waals surface area contributed by atoms with E-state index in [1.807, 2.05) is 19.1 Å². The third-order valence-electron chi connectivity index (χ3n) is 2.99. The second-order valence-electron chi connectivity index (χ2n) is 4.44. The maximum atomic E-state index is 12.7. The Balaban J connectivity index is 2.28. The Morgan fingerprint density at radius 2 is 2.00 bits per heavy atom. The van der Waals surface area contributed by atoms with Crippen molar-refractivity contribution in [3.8, 4) is 5.69 Å². The number of nitrogens with zero attached hydrogens (tertiary/aromatic N) is 2. The molecule has 3 rings (SSSR count). The van der Waals surface area contributed by atoms with Gasteiger partial charge in [0.05, 0.1) is 11.2 Å². The molecule has 2 aromatic heterocycles. The summed E-state index contributed by atoms with van der Waals surface area (Å²) >= 11 is 5.82. The first-order chi connectivity index (χ1) is 10.1. The molecule has 0 bridgehead atoms. The van der Waals surface area contributed by atoms with Crippen molar-refractivity contribution < 1.29 is 8.78 Å². The summed E-state index contributed by atoms with van der Waals surface area (Å²) in [6.07, 6.45) is 0. The molecule has 0 saturated carbocycles. The largest absolute Gasteiger partial charge is 0.329 e. The number of aromatic amines is 1. The lowest BCUT2D eigenvalue weighted by Gasteiger charge is -2.10. The van der Waals surface area contributed by atoms with Crippen molar-refractivity contribution in [3.63, 3.8) is 0 Å². The van der Waals surface area contributed by atoms with Gasteiger partial charge < -0.3 is 4.98 Å². The number of hydrogen-bond acceptors (Lipinski definition) is 3. The zero-order valence-electron chi connectivity index (χ0n) is 11.0. The Bertz CT molecular complexity index is 855. The molecular weight excluding hydrogens is 312 g/mol. The van der Waals surface area contributed by atoms with Crippen molar-refractivity contribution in [2.45, 2.75) is 17.6 Å². The Kier molecular flexibility index (Phi) is 3.77. The Morgan fingerprint density at radius 1 is 1.24 bits per heavy atom. The first kappa shape index (κ1) is 14.2. The summed E-state index contributed by atoms with van der Waals surface area (Å²) in [5, 5.41) is 0. The number of fused-ring (bicyclic) bond motifs is 1. The maximum Gasteiger partial charge on any atom is 0.288 e. The lowest BCUT2D eigenvalue weighted by molar-refractivity contribution is 0.252. The van der Waals surface area contributed by atoms with Gasteiger partial charge in [-0.05, 0) is 43.4 Å². The first-order valence-electron chi connectivity index (χ1n) is 6.19. The number of imidazole rings is 1. The van der Waals surface area contributed by atoms with Gasteiger partial charge in [-0.1, -0.05) is 23.9 Å². The van der Waals surface area contributed by atoms with Crippen LogP contribution in [0, 0.1) is 11.7 Å². The molecule has 108 valence electrons. The van der Waals surface area contributed by atoms with Crippen LogP contribution < -0.4 is 0 Å². The highest BCUT2D eigenvalue weighted by Gasteiger charge is 2.14. The molecule has 7 heteroatoms. The number of pyridine rings is 1. The van der Waals surface area contributed by atoms with Crippen LogP contribution in [0.5, 0.6) is 0 Å². The van der Waals surface area contributed by atoms with E-state index in [0.29, 0.717) is 32.8 Å². The average Bonchev–Trinajstić information content (AvgIpc) is 2.74. The number of thioether (sulfide) groups is 1. The van der Waals surface area contributed by atoms with Gasteiger partial charge in [0, 0.05) is 10.6 Å². The summed E-state index contributed by atoms with van der Waals surface area (Å²) in [6.45, 7) is 1.87. The predicted molar refractivity (Wildman–Crippen MR) is 82.9 cm³/mol. The summed E-state index contributed by atoms with van der Waals surface area (Å²) in [5.41, 5.74) is 2.87. The summed E-state index contributed by atoms with van der Waals surface area (Å²) in [4.78, 5) is 7.98. The number of nitrogens with one attached hydrogen (secondary N) is 1. The zero-order chi connectivity index (χ0) is 15.0. The first-order valence-corrected chi connectivity index (χ1v) is 7.47. The van der Waals surface area contributed by atoms with Crippen LogP contribution >= 0.6 is 24.0 Å². The molecule has 0 unspecified atom stereocenters. The van der Waals surface area contributed by atoms with Gasteiger partial charge in [-0.25, -0.2) is 4.98 Å². The fourth-order valence-corrected chi connectivity index (χ4v) is 3.06. The smallest absolute Gasteiger partial charge is 0.288 e. The highest BCUT2D eigenvalue weighted by molar-refractivity contribution is 7.99. The van der Waals surface area contributed by atoms with Gasteiger partial charge in [0.2, 0.25) is 0 Å². The van der Waals surface area contributed by atoms with Crippen LogP contribution in [-0.2, 0) is 0 Å². The van der Waals surface area contributed by atoms with E-state index in [-0.39, 0.29) is 0 Å². The Morgan fingerprint density at radius 3 is 2.76 bits per heavy atom. The highest BCUT2D eigenvalue weighted by atomic mass is 32.2. The van der Waals surface area contributed by atoms with E-state index in [1.165, 1.54) is 0 Å². The fourth-order valence-electron chi connectivity index (χ4n) is 2.14. The standard InChI is InChI=1S/C14H11F2N3S2/c1-8-6-7-9-12(17-8)19(14(20)18-9)10-4-2-3-5-11(10)21-13(15)16/h2-7,13H,1H3,(H,18,20). The minimum absolute atomic E-state index is 0.436. The molecule has 2 heterocycles. The van der Waals surface area contributed by atoms with E-state index < -0.39 is 5.76 Å². The van der Waals surface area contributed by atoms with Crippen LogP contribution in [0.25, 0.3) is 16.9 Å². The van der Waals surface area contributed by atoms with Crippen LogP contribution in [0.1, 0.15) is 5.69 Å². The quantitative estimate of drug-likeness (QED) is 0.560. The number of aryl methyl sites for hydroxylation is 1. The highest BCUT2D eigenvalue weighted by Crippen LogP contribution is 2.32. The summed E-state index contributed by atoms with van der Waals surface area (Å²) in [5.74, 6) is -2.49. The topological polar surface area (TPSA) is 33.6 Å². The zero-order valence-corrected chi connectivity index (χ0v) is 12.6. The molecule has 1 N–H and O–H groups in total. The lowest BCUT2D eigenvalue weighted by atomic mass is 10.3.